The zero-order chi connectivity index (χ0) is 63.4. The number of para-hydroxylation sites is 9. The van der Waals surface area contributed by atoms with E-state index in [1.54, 1.807) is 0 Å². The van der Waals surface area contributed by atoms with Crippen molar-refractivity contribution in [3.8, 4) is 33.6 Å². The molecule has 0 fully saturated rings. The molecule has 21 rings (SSSR count). The molecule has 0 aliphatic carbocycles. The fraction of sp³-hybridized carbons (Fsp3) is 0. The van der Waals surface area contributed by atoms with Gasteiger partial charge in [0.2, 0.25) is 0 Å². The lowest BCUT2D eigenvalue weighted by molar-refractivity contribution is 1.16. The van der Waals surface area contributed by atoms with Crippen molar-refractivity contribution < 1.29 is 0 Å². The number of anilines is 9. The van der Waals surface area contributed by atoms with E-state index < -0.39 is 0 Å². The molecule has 0 atom stereocenters. The van der Waals surface area contributed by atoms with Crippen LogP contribution in [0.15, 0.2) is 346 Å². The quantitative estimate of drug-likeness (QED) is 0.128. The monoisotopic (exact) mass is 1230 g/mol. The highest BCUT2D eigenvalue weighted by Gasteiger charge is 2.45. The first-order valence-corrected chi connectivity index (χ1v) is 33.5. The Balaban J connectivity index is 0.942. The third kappa shape index (κ3) is 7.73. The Morgan fingerprint density at radius 3 is 1.52 bits per heavy atom. The van der Waals surface area contributed by atoms with Crippen LogP contribution in [0.4, 0.5) is 51.2 Å². The molecule has 0 saturated carbocycles. The van der Waals surface area contributed by atoms with Crippen LogP contribution < -0.4 is 31.1 Å². The molecule has 6 nitrogen and oxygen atoms in total. The zero-order valence-corrected chi connectivity index (χ0v) is 52.7. The van der Waals surface area contributed by atoms with E-state index in [4.69, 9.17) is 0 Å². The van der Waals surface area contributed by atoms with E-state index in [-0.39, 0.29) is 6.71 Å². The summed E-state index contributed by atoms with van der Waals surface area (Å²) < 4.78 is 7.64. The predicted octanol–water partition coefficient (Wildman–Crippen LogP) is 21.9. The Labute approximate surface area is 560 Å². The predicted molar refractivity (Wildman–Crippen MR) is 409 cm³/mol. The molecule has 0 amide bonds. The topological polar surface area (TPSA) is 24.0 Å². The molecule has 0 unspecified atom stereocenters. The van der Waals surface area contributed by atoms with E-state index >= 15 is 0 Å². The van der Waals surface area contributed by atoms with Crippen LogP contribution in [0, 0.1) is 0 Å². The van der Waals surface area contributed by atoms with Crippen LogP contribution in [0.3, 0.4) is 0 Å². The molecule has 19 aromatic rings. The molecule has 0 bridgehead atoms. The van der Waals surface area contributed by atoms with Gasteiger partial charge in [0.25, 0.3) is 6.71 Å². The van der Waals surface area contributed by atoms with Gasteiger partial charge in [-0.05, 0) is 131 Å². The van der Waals surface area contributed by atoms with Crippen LogP contribution in [-0.2, 0) is 0 Å². The first-order valence-electron chi connectivity index (χ1n) is 33.5. The summed E-state index contributed by atoms with van der Waals surface area (Å²) in [6, 6.07) is 129. The van der Waals surface area contributed by atoms with Gasteiger partial charge in [-0.1, -0.05) is 243 Å². The molecule has 0 spiro atoms. The highest BCUT2D eigenvalue weighted by molar-refractivity contribution is 7.00. The molecule has 450 valence electrons. The van der Waals surface area contributed by atoms with Gasteiger partial charge in [-0.25, -0.2) is 0 Å². The molecule has 6 heterocycles. The number of benzene rings is 15. The molecule has 2 aliphatic heterocycles. The lowest BCUT2D eigenvalue weighted by atomic mass is 9.33. The smallest absolute Gasteiger partial charge is 0.252 e. The minimum atomic E-state index is -0.214. The third-order valence-electron chi connectivity index (χ3n) is 20.9. The molecular weight excluding hydrogens is 1180 g/mol. The van der Waals surface area contributed by atoms with Gasteiger partial charge in [0.15, 0.2) is 0 Å². The van der Waals surface area contributed by atoms with Crippen molar-refractivity contribution in [2.24, 2.45) is 0 Å². The molecule has 4 aromatic heterocycles. The molecule has 2 aliphatic rings. The van der Waals surface area contributed by atoms with Crippen molar-refractivity contribution >= 4 is 156 Å². The van der Waals surface area contributed by atoms with Gasteiger partial charge in [-0.3, -0.25) is 0 Å². The fourth-order valence-corrected chi connectivity index (χ4v) is 17.0. The van der Waals surface area contributed by atoms with E-state index in [2.05, 4.69) is 374 Å². The second-order valence-corrected chi connectivity index (χ2v) is 25.9. The number of hydrogen-bond donors (Lipinski definition) is 0. The normalized spacial score (nSPS) is 12.5. The van der Waals surface area contributed by atoms with Crippen LogP contribution in [0.2, 0.25) is 0 Å². The van der Waals surface area contributed by atoms with Gasteiger partial charge in [0, 0.05) is 94.0 Å². The van der Waals surface area contributed by atoms with Crippen molar-refractivity contribution in [3.05, 3.63) is 346 Å². The van der Waals surface area contributed by atoms with Gasteiger partial charge < -0.3 is 28.2 Å². The summed E-state index contributed by atoms with van der Waals surface area (Å²) in [5.41, 5.74) is 28.6. The Hall–Kier alpha value is -12.8. The minimum Gasteiger partial charge on any atom is -0.311 e. The molecular formula is C90H57BN6. The molecule has 15 aromatic carbocycles. The molecule has 0 N–H and O–H groups in total. The van der Waals surface area contributed by atoms with Crippen molar-refractivity contribution in [2.45, 2.75) is 0 Å². The standard InChI is InChI=1S/C90H57BN6/c1-6-27-58(28-7-1)65-37-16-21-44-76(65)93(63-49-50-69-67-39-18-23-46-78(67)94(82(69)53-63)62-35-14-5-15-36-62)64-54-85-88-86(55-64)97-80-48-25-20-41-72(80)87-81(92(60-31-10-3-11-32-60)61-33-12-4-13-34-61)52-51-74(90(87)97)91(88)75-56-73-71-43-26-42-70-68-40-19-24-47-79(68)96(89(70)71)83(73)57-84(75)95(85)77-45-22-17-38-66(77)59-29-8-2-9-30-59/h1-57H. The first-order chi connectivity index (χ1) is 48.2. The van der Waals surface area contributed by atoms with E-state index in [0.717, 1.165) is 101 Å². The average Bonchev–Trinajstić information content (AvgIpc) is 1.63. The number of nitrogens with zero attached hydrogens (tertiary/aromatic N) is 6. The summed E-state index contributed by atoms with van der Waals surface area (Å²) >= 11 is 0. The number of aromatic nitrogens is 3. The molecule has 0 radical (unpaired) electrons. The van der Waals surface area contributed by atoms with Gasteiger partial charge >= 0.3 is 0 Å². The van der Waals surface area contributed by atoms with Gasteiger partial charge in [0.1, 0.15) is 0 Å². The van der Waals surface area contributed by atoms with Crippen molar-refractivity contribution in [1.29, 1.82) is 0 Å². The minimum absolute atomic E-state index is 0.214. The maximum atomic E-state index is 2.65. The Kier molecular flexibility index (Phi) is 11.5. The zero-order valence-electron chi connectivity index (χ0n) is 52.7. The van der Waals surface area contributed by atoms with E-state index in [1.807, 2.05) is 0 Å². The Morgan fingerprint density at radius 1 is 0.258 bits per heavy atom. The highest BCUT2D eigenvalue weighted by Crippen LogP contribution is 2.53. The van der Waals surface area contributed by atoms with Crippen LogP contribution >= 0.6 is 0 Å². The fourth-order valence-electron chi connectivity index (χ4n) is 17.0. The van der Waals surface area contributed by atoms with E-state index in [9.17, 15) is 0 Å². The van der Waals surface area contributed by atoms with Gasteiger partial charge in [0.05, 0.1) is 61.4 Å². The largest absolute Gasteiger partial charge is 0.311 e. The van der Waals surface area contributed by atoms with Crippen LogP contribution in [0.5, 0.6) is 0 Å². The number of fused-ring (bicyclic) bond motifs is 16. The lowest BCUT2D eigenvalue weighted by Crippen LogP contribution is -2.60. The summed E-state index contributed by atoms with van der Waals surface area (Å²) in [7, 11) is 0. The van der Waals surface area contributed by atoms with Crippen molar-refractivity contribution in [1.82, 2.24) is 13.5 Å². The van der Waals surface area contributed by atoms with Crippen LogP contribution in [-0.4, -0.2) is 20.2 Å². The van der Waals surface area contributed by atoms with E-state index in [1.165, 1.54) is 81.5 Å². The van der Waals surface area contributed by atoms with Crippen LogP contribution in [0.25, 0.3) is 115 Å². The van der Waals surface area contributed by atoms with Crippen molar-refractivity contribution in [2.75, 3.05) is 14.7 Å². The third-order valence-corrected chi connectivity index (χ3v) is 20.9. The number of rotatable bonds is 10. The highest BCUT2D eigenvalue weighted by atomic mass is 15.2. The summed E-state index contributed by atoms with van der Waals surface area (Å²) in [5.74, 6) is 0. The molecule has 0 saturated heterocycles. The van der Waals surface area contributed by atoms with Gasteiger partial charge in [-0.15, -0.1) is 0 Å². The van der Waals surface area contributed by atoms with E-state index in [0.29, 0.717) is 0 Å². The Morgan fingerprint density at radius 2 is 0.794 bits per heavy atom. The number of hydrogen-bond acceptors (Lipinski definition) is 3. The second kappa shape index (κ2) is 20.8. The maximum absolute atomic E-state index is 2.65. The maximum Gasteiger partial charge on any atom is 0.252 e. The van der Waals surface area contributed by atoms with Gasteiger partial charge in [-0.2, -0.15) is 0 Å². The summed E-state index contributed by atoms with van der Waals surface area (Å²) in [6.45, 7) is -0.214. The van der Waals surface area contributed by atoms with Crippen LogP contribution in [0.1, 0.15) is 0 Å². The molecule has 7 heteroatoms. The average molecular weight is 1230 g/mol. The molecule has 97 heavy (non-hydrogen) atoms. The Bertz CT molecular complexity index is 6360. The van der Waals surface area contributed by atoms with Crippen molar-refractivity contribution in [3.63, 3.8) is 0 Å². The SMILES string of the molecule is c1ccc(-c2ccccc2N(c2cc3c4c(c2)-n2c5ccccc5c5c(N(c6ccccc6)c6ccccc6)ccc(c52)B4c2cc4c5cccc6c7ccccc7n(c4cc2N3c2ccccc2-c2ccccc2)c65)c2ccc3c4ccccc4n(-c4ccccc4)c3c2)cc1. The lowest BCUT2D eigenvalue weighted by Gasteiger charge is -2.42. The summed E-state index contributed by atoms with van der Waals surface area (Å²) in [5, 5.41) is 9.82. The summed E-state index contributed by atoms with van der Waals surface area (Å²) in [6.07, 6.45) is 0. The second-order valence-electron chi connectivity index (χ2n) is 25.9. The first kappa shape index (κ1) is 53.6. The summed E-state index contributed by atoms with van der Waals surface area (Å²) in [4.78, 5) is 7.67.